The van der Waals surface area contributed by atoms with Gasteiger partial charge >= 0.3 is 0 Å². The Kier molecular flexibility index (Phi) is 4.52. The summed E-state index contributed by atoms with van der Waals surface area (Å²) in [4.78, 5) is 17.0. The van der Waals surface area contributed by atoms with Crippen LogP contribution in [-0.2, 0) is 7.05 Å². The van der Waals surface area contributed by atoms with E-state index in [1.807, 2.05) is 17.9 Å². The molecule has 2 N–H and O–H groups in total. The minimum absolute atomic E-state index is 0.232. The van der Waals surface area contributed by atoms with Crippen LogP contribution >= 0.6 is 0 Å². The number of aromatic nitrogens is 5. The first-order valence-electron chi connectivity index (χ1n) is 9.19. The molecular weight excluding hydrogens is 318 g/mol. The summed E-state index contributed by atoms with van der Waals surface area (Å²) in [5, 5.41) is 15.1. The number of piperidine rings is 1. The van der Waals surface area contributed by atoms with Gasteiger partial charge in [0.05, 0.1) is 6.04 Å². The van der Waals surface area contributed by atoms with Gasteiger partial charge in [-0.2, -0.15) is 15.2 Å². The van der Waals surface area contributed by atoms with E-state index in [2.05, 4.69) is 25.8 Å². The number of anilines is 1. The number of aryl methyl sites for hydroxylation is 1. The number of amides is 1. The second-order valence-corrected chi connectivity index (χ2v) is 7.01. The molecule has 4 rings (SSSR count). The van der Waals surface area contributed by atoms with Crippen molar-refractivity contribution in [1.82, 2.24) is 29.9 Å². The second kappa shape index (κ2) is 6.95. The molecule has 8 heteroatoms. The molecule has 134 valence electrons. The van der Waals surface area contributed by atoms with Gasteiger partial charge in [0.1, 0.15) is 0 Å². The lowest BCUT2D eigenvalue weighted by Gasteiger charge is -2.19. The van der Waals surface area contributed by atoms with Crippen LogP contribution < -0.4 is 10.6 Å². The maximum Gasteiger partial charge on any atom is 0.278 e. The van der Waals surface area contributed by atoms with Crippen molar-refractivity contribution in [2.24, 2.45) is 7.05 Å². The van der Waals surface area contributed by atoms with E-state index in [-0.39, 0.29) is 5.91 Å². The summed E-state index contributed by atoms with van der Waals surface area (Å²) in [6.45, 7) is 1.98. The topological polar surface area (TPSA) is 89.7 Å². The number of rotatable bonds is 4. The third-order valence-electron chi connectivity index (χ3n) is 5.25. The molecule has 0 radical (unpaired) electrons. The molecule has 0 atom stereocenters. The van der Waals surface area contributed by atoms with Crippen LogP contribution in [0.15, 0.2) is 12.3 Å². The number of carbonyl (C=O) groups is 1. The Bertz CT molecular complexity index is 738. The van der Waals surface area contributed by atoms with E-state index in [1.165, 1.54) is 12.8 Å². The largest absolute Gasteiger partial charge is 0.317 e. The normalized spacial score (nSPS) is 19.4. The number of hydrogen-bond acceptors (Lipinski definition) is 5. The van der Waals surface area contributed by atoms with Crippen LogP contribution in [0.4, 0.5) is 5.95 Å². The van der Waals surface area contributed by atoms with Crippen LogP contribution in [0.2, 0.25) is 0 Å². The van der Waals surface area contributed by atoms with Gasteiger partial charge in [0.15, 0.2) is 11.5 Å². The molecule has 3 heterocycles. The standard InChI is InChI=1S/C17H25N7O/c1-23-17(19-15(22-23)12-6-9-18-10-7-12)20-16(25)14-8-11-24(21-14)13-4-2-3-5-13/h8,11-13,18H,2-7,9-10H2,1H3,(H,19,20,22,25). The lowest BCUT2D eigenvalue weighted by Crippen LogP contribution is -2.27. The molecule has 0 spiro atoms. The van der Waals surface area contributed by atoms with Crippen molar-refractivity contribution in [3.8, 4) is 0 Å². The molecule has 1 saturated carbocycles. The van der Waals surface area contributed by atoms with E-state index in [9.17, 15) is 4.79 Å². The smallest absolute Gasteiger partial charge is 0.278 e. The molecule has 2 aliphatic rings. The third-order valence-corrected chi connectivity index (χ3v) is 5.25. The summed E-state index contributed by atoms with van der Waals surface area (Å²) in [5.74, 6) is 1.42. The molecule has 1 aliphatic heterocycles. The fourth-order valence-electron chi connectivity index (χ4n) is 3.76. The molecular formula is C17H25N7O. The second-order valence-electron chi connectivity index (χ2n) is 7.01. The van der Waals surface area contributed by atoms with E-state index < -0.39 is 0 Å². The van der Waals surface area contributed by atoms with Gasteiger partial charge in [0, 0.05) is 19.2 Å². The molecule has 0 bridgehead atoms. The van der Waals surface area contributed by atoms with Crippen molar-refractivity contribution < 1.29 is 4.79 Å². The van der Waals surface area contributed by atoms with Gasteiger partial charge in [-0.3, -0.25) is 14.8 Å². The number of carbonyl (C=O) groups excluding carboxylic acids is 1. The van der Waals surface area contributed by atoms with Crippen LogP contribution in [0.3, 0.4) is 0 Å². The van der Waals surface area contributed by atoms with E-state index in [0.717, 1.165) is 44.6 Å². The molecule has 2 fully saturated rings. The van der Waals surface area contributed by atoms with E-state index in [0.29, 0.717) is 23.6 Å². The lowest BCUT2D eigenvalue weighted by molar-refractivity contribution is 0.102. The minimum Gasteiger partial charge on any atom is -0.317 e. The first kappa shape index (κ1) is 16.3. The zero-order valence-electron chi connectivity index (χ0n) is 14.6. The highest BCUT2D eigenvalue weighted by molar-refractivity contribution is 6.01. The number of hydrogen-bond donors (Lipinski definition) is 2. The first-order valence-corrected chi connectivity index (χ1v) is 9.19. The molecule has 0 unspecified atom stereocenters. The van der Waals surface area contributed by atoms with Crippen molar-refractivity contribution in [2.45, 2.75) is 50.5 Å². The van der Waals surface area contributed by atoms with E-state index in [4.69, 9.17) is 0 Å². The Balaban J connectivity index is 1.44. The molecule has 1 saturated heterocycles. The highest BCUT2D eigenvalue weighted by atomic mass is 16.2. The Labute approximate surface area is 147 Å². The predicted octanol–water partition coefficient (Wildman–Crippen LogP) is 1.85. The minimum atomic E-state index is -0.232. The van der Waals surface area contributed by atoms with Gasteiger partial charge in [-0.05, 0) is 44.8 Å². The monoisotopic (exact) mass is 343 g/mol. The van der Waals surface area contributed by atoms with Crippen molar-refractivity contribution in [2.75, 3.05) is 18.4 Å². The highest BCUT2D eigenvalue weighted by Gasteiger charge is 2.23. The van der Waals surface area contributed by atoms with Crippen LogP contribution in [0.1, 0.15) is 66.8 Å². The van der Waals surface area contributed by atoms with Crippen LogP contribution in [0, 0.1) is 0 Å². The summed E-state index contributed by atoms with van der Waals surface area (Å²) in [5.41, 5.74) is 0.429. The summed E-state index contributed by atoms with van der Waals surface area (Å²) in [6.07, 6.45) is 8.74. The molecule has 2 aromatic rings. The average molecular weight is 343 g/mol. The van der Waals surface area contributed by atoms with E-state index >= 15 is 0 Å². The Morgan fingerprint density at radius 2 is 1.96 bits per heavy atom. The van der Waals surface area contributed by atoms with Crippen molar-refractivity contribution in [3.05, 3.63) is 23.8 Å². The average Bonchev–Trinajstić information content (AvgIpc) is 3.36. The lowest BCUT2D eigenvalue weighted by atomic mass is 9.98. The fourth-order valence-corrected chi connectivity index (χ4v) is 3.76. The highest BCUT2D eigenvalue weighted by Crippen LogP contribution is 2.28. The SMILES string of the molecule is Cn1nc(C2CCNCC2)nc1NC(=O)c1ccn(C2CCCC2)n1. The quantitative estimate of drug-likeness (QED) is 0.884. The van der Waals surface area contributed by atoms with Gasteiger partial charge in [-0.1, -0.05) is 12.8 Å². The first-order chi connectivity index (χ1) is 12.2. The zero-order valence-corrected chi connectivity index (χ0v) is 14.6. The summed E-state index contributed by atoms with van der Waals surface area (Å²) in [7, 11) is 1.81. The van der Waals surface area contributed by atoms with Gasteiger partial charge in [0.25, 0.3) is 5.91 Å². The van der Waals surface area contributed by atoms with Crippen molar-refractivity contribution in [3.63, 3.8) is 0 Å². The summed E-state index contributed by atoms with van der Waals surface area (Å²) in [6, 6.07) is 2.21. The Hall–Kier alpha value is -2.22. The van der Waals surface area contributed by atoms with Gasteiger partial charge in [0.2, 0.25) is 5.95 Å². The predicted molar refractivity (Wildman–Crippen MR) is 93.5 cm³/mol. The molecule has 1 amide bonds. The zero-order chi connectivity index (χ0) is 17.2. The maximum atomic E-state index is 12.5. The molecule has 0 aromatic carbocycles. The van der Waals surface area contributed by atoms with Crippen molar-refractivity contribution in [1.29, 1.82) is 0 Å². The van der Waals surface area contributed by atoms with E-state index in [1.54, 1.807) is 10.7 Å². The van der Waals surface area contributed by atoms with Gasteiger partial charge in [-0.15, -0.1) is 0 Å². The van der Waals surface area contributed by atoms with Crippen LogP contribution in [0.5, 0.6) is 0 Å². The Morgan fingerprint density at radius 1 is 1.20 bits per heavy atom. The molecule has 25 heavy (non-hydrogen) atoms. The maximum absolute atomic E-state index is 12.5. The summed E-state index contributed by atoms with van der Waals surface area (Å²) < 4.78 is 3.57. The Morgan fingerprint density at radius 3 is 2.72 bits per heavy atom. The molecule has 8 nitrogen and oxygen atoms in total. The fraction of sp³-hybridized carbons (Fsp3) is 0.647. The van der Waals surface area contributed by atoms with Crippen LogP contribution in [-0.4, -0.2) is 43.5 Å². The third kappa shape index (κ3) is 3.44. The molecule has 2 aromatic heterocycles. The van der Waals surface area contributed by atoms with Crippen molar-refractivity contribution >= 4 is 11.9 Å². The summed E-state index contributed by atoms with van der Waals surface area (Å²) >= 11 is 0. The van der Waals surface area contributed by atoms with Crippen LogP contribution in [0.25, 0.3) is 0 Å². The van der Waals surface area contributed by atoms with Gasteiger partial charge in [-0.25, -0.2) is 4.68 Å². The van der Waals surface area contributed by atoms with Gasteiger partial charge < -0.3 is 5.32 Å². The number of nitrogens with zero attached hydrogens (tertiary/aromatic N) is 5. The molecule has 1 aliphatic carbocycles. The number of nitrogens with one attached hydrogen (secondary N) is 2.